The summed E-state index contributed by atoms with van der Waals surface area (Å²) < 4.78 is 0. The average Bonchev–Trinajstić information content (AvgIpc) is 3.36. The summed E-state index contributed by atoms with van der Waals surface area (Å²) in [5.74, 6) is 1.59. The smallest absolute Gasteiger partial charge is 0.225 e. The van der Waals surface area contributed by atoms with Gasteiger partial charge in [0.25, 0.3) is 0 Å². The number of allylic oxidation sites excluding steroid dienone is 1. The number of hydrogen-bond donors (Lipinski definition) is 0. The van der Waals surface area contributed by atoms with Crippen molar-refractivity contribution in [2.24, 2.45) is 17.8 Å². The monoisotopic (exact) mass is 388 g/mol. The van der Waals surface area contributed by atoms with Crippen molar-refractivity contribution in [2.45, 2.75) is 39.5 Å². The van der Waals surface area contributed by atoms with Crippen molar-refractivity contribution in [3.8, 4) is 0 Å². The molecule has 0 unspecified atom stereocenters. The third kappa shape index (κ3) is 4.41. The highest BCUT2D eigenvalue weighted by Crippen LogP contribution is 2.43. The molecule has 2 heterocycles. The van der Waals surface area contributed by atoms with E-state index in [0.717, 1.165) is 25.9 Å². The Hall–Kier alpha value is -1.32. The van der Waals surface area contributed by atoms with E-state index in [0.29, 0.717) is 17.7 Å². The van der Waals surface area contributed by atoms with E-state index in [9.17, 15) is 4.79 Å². The lowest BCUT2D eigenvalue weighted by Crippen LogP contribution is -2.32. The van der Waals surface area contributed by atoms with Gasteiger partial charge in [-0.3, -0.25) is 4.79 Å². The summed E-state index contributed by atoms with van der Waals surface area (Å²) in [6.45, 7) is 9.61. The lowest BCUT2D eigenvalue weighted by Gasteiger charge is -2.20. The third-order valence-corrected chi connectivity index (χ3v) is 6.49. The molecule has 2 saturated heterocycles. The summed E-state index contributed by atoms with van der Waals surface area (Å²) in [4.78, 5) is 17.0. The maximum atomic E-state index is 12.3. The Labute approximate surface area is 170 Å². The first-order valence-corrected chi connectivity index (χ1v) is 10.4. The van der Waals surface area contributed by atoms with Crippen LogP contribution in [0.15, 0.2) is 30.3 Å². The molecule has 0 saturated carbocycles. The van der Waals surface area contributed by atoms with E-state index in [1.807, 2.05) is 13.8 Å². The summed E-state index contributed by atoms with van der Waals surface area (Å²) >= 11 is 0. The van der Waals surface area contributed by atoms with E-state index >= 15 is 0 Å². The van der Waals surface area contributed by atoms with Crippen LogP contribution in [0.25, 0.3) is 5.57 Å². The normalized spacial score (nSPS) is 24.9. The number of rotatable bonds is 5. The number of likely N-dealkylation sites (tertiary alicyclic amines) is 2. The summed E-state index contributed by atoms with van der Waals surface area (Å²) in [6.07, 6.45) is 7.43. The Morgan fingerprint density at radius 1 is 1.11 bits per heavy atom. The Morgan fingerprint density at radius 3 is 2.48 bits per heavy atom. The van der Waals surface area contributed by atoms with Crippen LogP contribution in [0.3, 0.4) is 0 Å². The van der Waals surface area contributed by atoms with E-state index in [1.165, 1.54) is 49.2 Å². The minimum atomic E-state index is 0. The number of carbonyl (C=O) groups is 1. The molecule has 0 bridgehead atoms. The average molecular weight is 389 g/mol. The van der Waals surface area contributed by atoms with E-state index in [4.69, 9.17) is 0 Å². The SMILES string of the molecule is CC(C)C(=O)N1C[C@H]2CC=C(c3ccc(CCN4CCCC4)cc3)[C@H]2C1.Cl. The molecule has 3 nitrogen and oxygen atoms in total. The van der Waals surface area contributed by atoms with Crippen molar-refractivity contribution >= 4 is 23.9 Å². The summed E-state index contributed by atoms with van der Waals surface area (Å²) in [5, 5.41) is 0. The zero-order valence-corrected chi connectivity index (χ0v) is 17.5. The van der Waals surface area contributed by atoms with Gasteiger partial charge in [0.2, 0.25) is 5.91 Å². The number of benzene rings is 1. The maximum absolute atomic E-state index is 12.3. The first-order chi connectivity index (χ1) is 12.6. The van der Waals surface area contributed by atoms with Crippen molar-refractivity contribution in [3.05, 3.63) is 41.5 Å². The molecule has 0 spiro atoms. The molecule has 27 heavy (non-hydrogen) atoms. The fourth-order valence-corrected chi connectivity index (χ4v) is 4.93. The molecule has 2 aliphatic heterocycles. The quantitative estimate of drug-likeness (QED) is 0.752. The van der Waals surface area contributed by atoms with E-state index in [2.05, 4.69) is 40.1 Å². The van der Waals surface area contributed by atoms with E-state index < -0.39 is 0 Å². The molecule has 1 aliphatic carbocycles. The van der Waals surface area contributed by atoms with Gasteiger partial charge in [-0.05, 0) is 61.4 Å². The van der Waals surface area contributed by atoms with Crippen molar-refractivity contribution in [2.75, 3.05) is 32.7 Å². The largest absolute Gasteiger partial charge is 0.342 e. The summed E-state index contributed by atoms with van der Waals surface area (Å²) in [5.41, 5.74) is 4.28. The lowest BCUT2D eigenvalue weighted by molar-refractivity contribution is -0.133. The topological polar surface area (TPSA) is 23.6 Å². The van der Waals surface area contributed by atoms with Gasteiger partial charge in [0.1, 0.15) is 0 Å². The molecule has 0 radical (unpaired) electrons. The second-order valence-corrected chi connectivity index (χ2v) is 8.66. The van der Waals surface area contributed by atoms with Crippen LogP contribution in [0.1, 0.15) is 44.2 Å². The molecule has 4 rings (SSSR count). The van der Waals surface area contributed by atoms with Gasteiger partial charge in [-0.1, -0.05) is 44.2 Å². The van der Waals surface area contributed by atoms with Crippen LogP contribution >= 0.6 is 12.4 Å². The molecule has 1 amide bonds. The van der Waals surface area contributed by atoms with E-state index in [-0.39, 0.29) is 18.3 Å². The minimum Gasteiger partial charge on any atom is -0.342 e. The molecule has 0 aromatic heterocycles. The highest BCUT2D eigenvalue weighted by molar-refractivity contribution is 5.85. The molecule has 3 aliphatic rings. The molecule has 2 atom stereocenters. The first kappa shape index (κ1) is 20.4. The molecular formula is C23H33ClN2O. The maximum Gasteiger partial charge on any atom is 0.225 e. The Kier molecular flexibility index (Phi) is 6.65. The second kappa shape index (κ2) is 8.79. The number of hydrogen-bond acceptors (Lipinski definition) is 2. The molecular weight excluding hydrogens is 356 g/mol. The number of fused-ring (bicyclic) bond motifs is 1. The molecule has 0 N–H and O–H groups in total. The predicted molar refractivity (Wildman–Crippen MR) is 114 cm³/mol. The van der Waals surface area contributed by atoms with Gasteiger partial charge < -0.3 is 9.80 Å². The number of amides is 1. The number of nitrogens with zero attached hydrogens (tertiary/aromatic N) is 2. The second-order valence-electron chi connectivity index (χ2n) is 8.66. The molecule has 2 fully saturated rings. The predicted octanol–water partition coefficient (Wildman–Crippen LogP) is 4.26. The van der Waals surface area contributed by atoms with Gasteiger partial charge in [-0.25, -0.2) is 0 Å². The molecule has 4 heteroatoms. The van der Waals surface area contributed by atoms with Gasteiger partial charge in [-0.2, -0.15) is 0 Å². The van der Waals surface area contributed by atoms with Crippen molar-refractivity contribution in [1.29, 1.82) is 0 Å². The van der Waals surface area contributed by atoms with E-state index in [1.54, 1.807) is 0 Å². The fourth-order valence-electron chi connectivity index (χ4n) is 4.93. The van der Waals surface area contributed by atoms with Gasteiger partial charge in [0, 0.05) is 31.5 Å². The van der Waals surface area contributed by atoms with Crippen LogP contribution in [0, 0.1) is 17.8 Å². The van der Waals surface area contributed by atoms with Gasteiger partial charge >= 0.3 is 0 Å². The van der Waals surface area contributed by atoms with Crippen molar-refractivity contribution < 1.29 is 4.79 Å². The Bertz CT molecular complexity index is 676. The fraction of sp³-hybridized carbons (Fsp3) is 0.609. The van der Waals surface area contributed by atoms with Gasteiger partial charge in [-0.15, -0.1) is 12.4 Å². The Morgan fingerprint density at radius 2 is 1.81 bits per heavy atom. The summed E-state index contributed by atoms with van der Waals surface area (Å²) in [7, 11) is 0. The standard InChI is InChI=1S/C23H32N2O.ClH/c1-17(2)23(26)25-15-20-9-10-21(22(20)16-25)19-7-5-18(6-8-19)11-14-24-12-3-4-13-24;/h5-8,10,17,20,22H,3-4,9,11-16H2,1-2H3;1H/t20-,22+;/m1./s1. The first-order valence-electron chi connectivity index (χ1n) is 10.4. The third-order valence-electron chi connectivity index (χ3n) is 6.49. The zero-order valence-electron chi connectivity index (χ0n) is 16.7. The van der Waals surface area contributed by atoms with Crippen molar-refractivity contribution in [3.63, 3.8) is 0 Å². The van der Waals surface area contributed by atoms with Gasteiger partial charge in [0.15, 0.2) is 0 Å². The van der Waals surface area contributed by atoms with Gasteiger partial charge in [0.05, 0.1) is 0 Å². The number of halogens is 1. The highest BCUT2D eigenvalue weighted by Gasteiger charge is 2.40. The molecule has 148 valence electrons. The van der Waals surface area contributed by atoms with Crippen LogP contribution in [0.5, 0.6) is 0 Å². The summed E-state index contributed by atoms with van der Waals surface area (Å²) in [6, 6.07) is 9.23. The van der Waals surface area contributed by atoms with Crippen LogP contribution in [-0.4, -0.2) is 48.4 Å². The van der Waals surface area contributed by atoms with Crippen LogP contribution in [0.4, 0.5) is 0 Å². The highest BCUT2D eigenvalue weighted by atomic mass is 35.5. The molecule has 1 aromatic rings. The minimum absolute atomic E-state index is 0. The van der Waals surface area contributed by atoms with Crippen LogP contribution in [0.2, 0.25) is 0 Å². The lowest BCUT2D eigenvalue weighted by atomic mass is 9.90. The Balaban J connectivity index is 0.00000210. The van der Waals surface area contributed by atoms with Crippen LogP contribution < -0.4 is 0 Å². The number of carbonyl (C=O) groups excluding carboxylic acids is 1. The zero-order chi connectivity index (χ0) is 18.1. The molecule has 1 aromatic carbocycles. The van der Waals surface area contributed by atoms with Crippen LogP contribution in [-0.2, 0) is 11.2 Å². The van der Waals surface area contributed by atoms with Crippen molar-refractivity contribution in [1.82, 2.24) is 9.80 Å².